The Labute approximate surface area is 223 Å². The highest BCUT2D eigenvalue weighted by molar-refractivity contribution is 7.92. The van der Waals surface area contributed by atoms with Crippen molar-refractivity contribution in [2.75, 3.05) is 56.6 Å². The van der Waals surface area contributed by atoms with Crippen molar-refractivity contribution in [2.45, 2.75) is 24.4 Å². The summed E-state index contributed by atoms with van der Waals surface area (Å²) in [6.07, 6.45) is -4.01. The van der Waals surface area contributed by atoms with E-state index in [1.54, 1.807) is 12.1 Å². The Kier molecular flexibility index (Phi) is 10.8. The van der Waals surface area contributed by atoms with E-state index in [1.807, 2.05) is 0 Å². The summed E-state index contributed by atoms with van der Waals surface area (Å²) in [6, 6.07) is 8.96. The fourth-order valence-electron chi connectivity index (χ4n) is 3.75. The molecule has 2 aromatic carbocycles. The van der Waals surface area contributed by atoms with Crippen LogP contribution in [-0.2, 0) is 14.8 Å². The van der Waals surface area contributed by atoms with E-state index in [2.05, 4.69) is 21.4 Å². The number of carboxylic acid groups (broad SMARTS) is 2. The zero-order valence-corrected chi connectivity index (χ0v) is 22.3. The Morgan fingerprint density at radius 1 is 1.00 bits per heavy atom. The van der Waals surface area contributed by atoms with Gasteiger partial charge < -0.3 is 24.6 Å². The molecular weight excluding hydrogens is 547 g/mol. The lowest BCUT2D eigenvalue weighted by Gasteiger charge is -2.37. The number of hydrogen-bond donors (Lipinski definition) is 3. The van der Waals surface area contributed by atoms with Crippen LogP contribution in [0.1, 0.15) is 23.7 Å². The van der Waals surface area contributed by atoms with Crippen LogP contribution in [0.3, 0.4) is 0 Å². The van der Waals surface area contributed by atoms with E-state index in [4.69, 9.17) is 19.4 Å². The molecule has 216 valence electrons. The first-order valence-corrected chi connectivity index (χ1v) is 13.1. The summed E-state index contributed by atoms with van der Waals surface area (Å²) in [7, 11) is -1.27. The zero-order valence-electron chi connectivity index (χ0n) is 21.5. The zero-order chi connectivity index (χ0) is 29.4. The second-order valence-corrected chi connectivity index (χ2v) is 9.94. The van der Waals surface area contributed by atoms with Gasteiger partial charge in [-0.25, -0.2) is 18.0 Å². The predicted molar refractivity (Wildman–Crippen MR) is 136 cm³/mol. The van der Waals surface area contributed by atoms with E-state index < -0.39 is 28.1 Å². The summed E-state index contributed by atoms with van der Waals surface area (Å²) in [5.74, 6) is -3.38. The number of rotatable bonds is 9. The second kappa shape index (κ2) is 13.4. The van der Waals surface area contributed by atoms with Gasteiger partial charge in [-0.15, -0.1) is 0 Å². The maximum absolute atomic E-state index is 13.3. The topological polar surface area (TPSA) is 146 Å². The summed E-state index contributed by atoms with van der Waals surface area (Å²) >= 11 is 0. The predicted octanol–water partition coefficient (Wildman–Crippen LogP) is 3.37. The van der Waals surface area contributed by atoms with Crippen molar-refractivity contribution in [3.05, 3.63) is 42.0 Å². The van der Waals surface area contributed by atoms with Crippen molar-refractivity contribution in [1.82, 2.24) is 4.90 Å². The van der Waals surface area contributed by atoms with E-state index in [-0.39, 0.29) is 21.9 Å². The Balaban J connectivity index is 0.000000673. The second-order valence-electron chi connectivity index (χ2n) is 8.29. The highest BCUT2D eigenvalue weighted by Crippen LogP contribution is 2.34. The first-order valence-electron chi connectivity index (χ1n) is 11.6. The molecule has 1 saturated heterocycles. The van der Waals surface area contributed by atoms with Crippen LogP contribution in [0.2, 0.25) is 0 Å². The number of anilines is 2. The molecule has 2 aromatic rings. The van der Waals surface area contributed by atoms with Crippen LogP contribution >= 0.6 is 0 Å². The van der Waals surface area contributed by atoms with Crippen LogP contribution in [-0.4, -0.2) is 88.6 Å². The van der Waals surface area contributed by atoms with Gasteiger partial charge in [0.25, 0.3) is 10.0 Å². The minimum atomic E-state index is -5.08. The molecule has 3 rings (SSSR count). The molecule has 1 fully saturated rings. The lowest BCUT2D eigenvalue weighted by molar-refractivity contribution is -0.192. The quantitative estimate of drug-likeness (QED) is 0.406. The summed E-state index contributed by atoms with van der Waals surface area (Å²) in [4.78, 5) is 24.8. The number of nitrogens with one attached hydrogen (secondary N) is 1. The average molecular weight is 578 g/mol. The van der Waals surface area contributed by atoms with Crippen LogP contribution in [0, 0.1) is 0 Å². The molecule has 0 unspecified atom stereocenters. The minimum absolute atomic E-state index is 0.00586. The molecule has 0 aromatic heterocycles. The SMILES string of the molecule is CCCN1CCN(c2ccc(C(=O)O)cc2NS(=O)(=O)c2cc(OC)ccc2OC)CC1.O=C(O)C(F)(F)F. The summed E-state index contributed by atoms with van der Waals surface area (Å²) < 4.78 is 71.3. The van der Waals surface area contributed by atoms with Crippen molar-refractivity contribution >= 4 is 33.3 Å². The van der Waals surface area contributed by atoms with Gasteiger partial charge in [0.05, 0.1) is 31.2 Å². The third-order valence-electron chi connectivity index (χ3n) is 5.64. The number of carbonyl (C=O) groups is 2. The molecule has 1 heterocycles. The number of benzene rings is 2. The standard InChI is InChI=1S/C22H29N3O6S.C2HF3O2/c1-4-9-24-10-12-25(13-11-24)19-7-5-16(22(26)27)14-18(19)23-32(28,29)21-15-17(30-2)6-8-20(21)31-3;3-2(4,5)1(6)7/h5-8,14-15,23H,4,9-13H2,1-3H3,(H,26,27);(H,6,7). The first kappa shape index (κ1) is 31.5. The Morgan fingerprint density at radius 2 is 1.62 bits per heavy atom. The van der Waals surface area contributed by atoms with Crippen LogP contribution in [0.5, 0.6) is 11.5 Å². The molecule has 0 aliphatic carbocycles. The number of aromatic carboxylic acids is 1. The van der Waals surface area contributed by atoms with Crippen LogP contribution in [0.25, 0.3) is 0 Å². The molecule has 1 aliphatic heterocycles. The van der Waals surface area contributed by atoms with Gasteiger partial charge in [-0.3, -0.25) is 9.62 Å². The number of halogens is 3. The van der Waals surface area contributed by atoms with Crippen LogP contribution in [0.4, 0.5) is 24.5 Å². The summed E-state index contributed by atoms with van der Waals surface area (Å²) in [5, 5.41) is 16.6. The van der Waals surface area contributed by atoms with Crippen molar-refractivity contribution in [1.29, 1.82) is 0 Å². The largest absolute Gasteiger partial charge is 0.497 e. The van der Waals surface area contributed by atoms with Gasteiger partial charge >= 0.3 is 18.1 Å². The van der Waals surface area contributed by atoms with Crippen molar-refractivity contribution < 1.29 is 50.9 Å². The number of sulfonamides is 1. The normalized spacial score (nSPS) is 14.2. The number of carboxylic acids is 2. The van der Waals surface area contributed by atoms with Gasteiger partial charge in [-0.1, -0.05) is 6.92 Å². The molecule has 3 N–H and O–H groups in total. The monoisotopic (exact) mass is 577 g/mol. The summed E-state index contributed by atoms with van der Waals surface area (Å²) in [6.45, 7) is 6.28. The molecule has 0 spiro atoms. The highest BCUT2D eigenvalue weighted by Gasteiger charge is 2.38. The number of aliphatic carboxylic acids is 1. The van der Waals surface area contributed by atoms with Gasteiger partial charge in [0, 0.05) is 32.2 Å². The van der Waals surface area contributed by atoms with E-state index in [9.17, 15) is 31.5 Å². The molecule has 0 bridgehead atoms. The number of ether oxygens (including phenoxy) is 2. The Bertz CT molecular complexity index is 1260. The van der Waals surface area contributed by atoms with Crippen molar-refractivity contribution in [2.24, 2.45) is 0 Å². The number of methoxy groups -OCH3 is 2. The highest BCUT2D eigenvalue weighted by atomic mass is 32.2. The molecule has 1 aliphatic rings. The fourth-order valence-corrected chi connectivity index (χ4v) is 5.00. The molecule has 15 heteroatoms. The number of alkyl halides is 3. The van der Waals surface area contributed by atoms with E-state index in [0.717, 1.165) is 26.1 Å². The Hall–Kier alpha value is -3.72. The molecule has 0 radical (unpaired) electrons. The van der Waals surface area contributed by atoms with Crippen LogP contribution in [0.15, 0.2) is 41.3 Å². The maximum atomic E-state index is 13.3. The van der Waals surface area contributed by atoms with E-state index in [0.29, 0.717) is 24.5 Å². The minimum Gasteiger partial charge on any atom is -0.497 e. The average Bonchev–Trinajstić information content (AvgIpc) is 2.88. The molecule has 0 atom stereocenters. The van der Waals surface area contributed by atoms with Gasteiger partial charge in [-0.05, 0) is 43.3 Å². The maximum Gasteiger partial charge on any atom is 0.490 e. The third kappa shape index (κ3) is 8.64. The van der Waals surface area contributed by atoms with Crippen molar-refractivity contribution in [3.63, 3.8) is 0 Å². The Morgan fingerprint density at radius 3 is 2.10 bits per heavy atom. The number of nitrogens with zero attached hydrogens (tertiary/aromatic N) is 2. The number of hydrogen-bond acceptors (Lipinski definition) is 8. The van der Waals surface area contributed by atoms with Gasteiger partial charge in [0.2, 0.25) is 0 Å². The van der Waals surface area contributed by atoms with E-state index >= 15 is 0 Å². The van der Waals surface area contributed by atoms with E-state index in [1.165, 1.54) is 38.5 Å². The molecule has 11 nitrogen and oxygen atoms in total. The smallest absolute Gasteiger partial charge is 0.490 e. The lowest BCUT2D eigenvalue weighted by Crippen LogP contribution is -2.46. The lowest BCUT2D eigenvalue weighted by atomic mass is 10.1. The van der Waals surface area contributed by atoms with Gasteiger partial charge in [0.1, 0.15) is 16.4 Å². The number of piperazine rings is 1. The molecular formula is C24H30F3N3O8S. The van der Waals surface area contributed by atoms with Crippen molar-refractivity contribution in [3.8, 4) is 11.5 Å². The molecule has 39 heavy (non-hydrogen) atoms. The van der Waals surface area contributed by atoms with Crippen LogP contribution < -0.4 is 19.1 Å². The first-order chi connectivity index (χ1) is 18.2. The summed E-state index contributed by atoms with van der Waals surface area (Å²) in [5.41, 5.74) is 0.837. The van der Waals surface area contributed by atoms with Gasteiger partial charge in [-0.2, -0.15) is 13.2 Å². The fraction of sp³-hybridized carbons (Fsp3) is 0.417. The third-order valence-corrected chi connectivity index (χ3v) is 7.03. The van der Waals surface area contributed by atoms with Gasteiger partial charge in [0.15, 0.2) is 0 Å². The molecule has 0 saturated carbocycles. The molecule has 0 amide bonds.